The van der Waals surface area contributed by atoms with Crippen molar-refractivity contribution in [1.82, 2.24) is 14.1 Å². The lowest BCUT2D eigenvalue weighted by Gasteiger charge is -2.21. The summed E-state index contributed by atoms with van der Waals surface area (Å²) in [6, 6.07) is 10.3. The zero-order valence-corrected chi connectivity index (χ0v) is 15.5. The van der Waals surface area contributed by atoms with Gasteiger partial charge in [0.15, 0.2) is 0 Å². The van der Waals surface area contributed by atoms with Crippen molar-refractivity contribution in [3.05, 3.63) is 35.9 Å². The smallest absolute Gasteiger partial charge is 0.213 e. The maximum atomic E-state index is 11.8. The molecule has 7 heteroatoms. The molecule has 1 aromatic carbocycles. The second-order valence-electron chi connectivity index (χ2n) is 6.63. The van der Waals surface area contributed by atoms with Gasteiger partial charge in [-0.25, -0.2) is 12.7 Å². The van der Waals surface area contributed by atoms with Crippen LogP contribution < -0.4 is 0 Å². The van der Waals surface area contributed by atoms with Gasteiger partial charge in [0.05, 0.1) is 11.9 Å². The minimum atomic E-state index is -3.14. The van der Waals surface area contributed by atoms with Crippen LogP contribution in [0.3, 0.4) is 0 Å². The third-order valence-electron chi connectivity index (χ3n) is 4.35. The summed E-state index contributed by atoms with van der Waals surface area (Å²) in [5, 5.41) is 10.2. The summed E-state index contributed by atoms with van der Waals surface area (Å²) in [6.07, 6.45) is 0.188. The van der Waals surface area contributed by atoms with Gasteiger partial charge in [0.2, 0.25) is 10.0 Å². The maximum absolute atomic E-state index is 11.8. The summed E-state index contributed by atoms with van der Waals surface area (Å²) >= 11 is 0. The second kappa shape index (κ2) is 8.92. The molecule has 0 bridgehead atoms. The first-order valence-corrected chi connectivity index (χ1v) is 10.0. The molecule has 1 aliphatic heterocycles. The largest absolute Gasteiger partial charge is 0.390 e. The Morgan fingerprint density at radius 1 is 1.12 bits per heavy atom. The minimum Gasteiger partial charge on any atom is -0.390 e. The lowest BCUT2D eigenvalue weighted by molar-refractivity contribution is 0.108. The molecule has 6 nitrogen and oxygen atoms in total. The van der Waals surface area contributed by atoms with E-state index in [1.807, 2.05) is 18.2 Å². The van der Waals surface area contributed by atoms with Crippen LogP contribution in [0.5, 0.6) is 0 Å². The highest BCUT2D eigenvalue weighted by atomic mass is 32.2. The molecule has 0 saturated carbocycles. The zero-order chi connectivity index (χ0) is 17.6. The van der Waals surface area contributed by atoms with E-state index in [0.29, 0.717) is 26.1 Å². The molecule has 1 atom stereocenters. The molecule has 0 amide bonds. The van der Waals surface area contributed by atoms with E-state index in [0.717, 1.165) is 19.6 Å². The molecular weight excluding hydrogens is 326 g/mol. The Hall–Kier alpha value is -0.990. The van der Waals surface area contributed by atoms with E-state index in [-0.39, 0.29) is 5.75 Å². The van der Waals surface area contributed by atoms with Gasteiger partial charge in [-0.2, -0.15) is 0 Å². The summed E-state index contributed by atoms with van der Waals surface area (Å²) in [7, 11) is -0.0154. The fourth-order valence-corrected chi connectivity index (χ4v) is 3.82. The van der Waals surface area contributed by atoms with E-state index >= 15 is 0 Å². The first-order chi connectivity index (χ1) is 11.4. The third-order valence-corrected chi connectivity index (χ3v) is 6.27. The number of hydrogen-bond acceptors (Lipinski definition) is 5. The SMILES string of the molecule is CN(C)S(=O)(=O)CCCN1CCN(Cc2ccccc2)C[C@H](O)C1. The van der Waals surface area contributed by atoms with E-state index in [2.05, 4.69) is 21.9 Å². The first kappa shape index (κ1) is 19.3. The average Bonchev–Trinajstić information content (AvgIpc) is 2.69. The molecular formula is C17H29N3O3S. The van der Waals surface area contributed by atoms with Crippen molar-refractivity contribution in [1.29, 1.82) is 0 Å². The summed E-state index contributed by atoms with van der Waals surface area (Å²) in [4.78, 5) is 4.43. The Balaban J connectivity index is 1.81. The number of benzene rings is 1. The van der Waals surface area contributed by atoms with Gasteiger partial charge in [0.1, 0.15) is 0 Å². The van der Waals surface area contributed by atoms with Gasteiger partial charge in [-0.1, -0.05) is 30.3 Å². The number of aliphatic hydroxyl groups excluding tert-OH is 1. The van der Waals surface area contributed by atoms with Crippen LogP contribution >= 0.6 is 0 Å². The van der Waals surface area contributed by atoms with E-state index in [9.17, 15) is 13.5 Å². The standard InChI is InChI=1S/C17H29N3O3S/c1-18(2)24(22,23)12-6-9-19-10-11-20(15-17(21)14-19)13-16-7-4-3-5-8-16/h3-5,7-8,17,21H,6,9-15H2,1-2H3/t17-/m1/s1. The topological polar surface area (TPSA) is 64.1 Å². The lowest BCUT2D eigenvalue weighted by atomic mass is 10.2. The van der Waals surface area contributed by atoms with Crippen LogP contribution in [-0.4, -0.2) is 86.3 Å². The molecule has 0 aliphatic carbocycles. The van der Waals surface area contributed by atoms with Crippen molar-refractivity contribution < 1.29 is 13.5 Å². The predicted octanol–water partition coefficient (Wildman–Crippen LogP) is 0.447. The van der Waals surface area contributed by atoms with Gasteiger partial charge in [0, 0.05) is 46.8 Å². The summed E-state index contributed by atoms with van der Waals surface area (Å²) in [6.45, 7) is 4.52. The minimum absolute atomic E-state index is 0.153. The monoisotopic (exact) mass is 355 g/mol. The molecule has 0 unspecified atom stereocenters. The fraction of sp³-hybridized carbons (Fsp3) is 0.647. The highest BCUT2D eigenvalue weighted by Crippen LogP contribution is 2.10. The molecule has 1 heterocycles. The van der Waals surface area contributed by atoms with Crippen molar-refractivity contribution in [2.45, 2.75) is 19.1 Å². The third kappa shape index (κ3) is 6.14. The predicted molar refractivity (Wildman–Crippen MR) is 96.3 cm³/mol. The molecule has 1 saturated heterocycles. The van der Waals surface area contributed by atoms with Crippen LogP contribution in [-0.2, 0) is 16.6 Å². The van der Waals surface area contributed by atoms with Gasteiger partial charge >= 0.3 is 0 Å². The van der Waals surface area contributed by atoms with Crippen LogP contribution in [0.1, 0.15) is 12.0 Å². The Bertz CT molecular complexity index is 592. The van der Waals surface area contributed by atoms with Crippen molar-refractivity contribution in [3.63, 3.8) is 0 Å². The highest BCUT2D eigenvalue weighted by Gasteiger charge is 2.22. The van der Waals surface area contributed by atoms with E-state index < -0.39 is 16.1 Å². The van der Waals surface area contributed by atoms with Gasteiger partial charge in [-0.15, -0.1) is 0 Å². The summed E-state index contributed by atoms with van der Waals surface area (Å²) in [5.41, 5.74) is 1.25. The molecule has 1 fully saturated rings. The molecule has 0 radical (unpaired) electrons. The fourth-order valence-electron chi connectivity index (χ4n) is 2.96. The summed E-state index contributed by atoms with van der Waals surface area (Å²) < 4.78 is 24.9. The maximum Gasteiger partial charge on any atom is 0.213 e. The van der Waals surface area contributed by atoms with Crippen molar-refractivity contribution >= 4 is 10.0 Å². The molecule has 1 N–H and O–H groups in total. The molecule has 1 aromatic rings. The molecule has 1 aliphatic rings. The number of hydrogen-bond donors (Lipinski definition) is 1. The molecule has 24 heavy (non-hydrogen) atoms. The van der Waals surface area contributed by atoms with Crippen LogP contribution in [0, 0.1) is 0 Å². The van der Waals surface area contributed by atoms with Crippen LogP contribution in [0.4, 0.5) is 0 Å². The number of aliphatic hydroxyl groups is 1. The van der Waals surface area contributed by atoms with Crippen molar-refractivity contribution in [2.24, 2.45) is 0 Å². The van der Waals surface area contributed by atoms with Gasteiger partial charge in [-0.05, 0) is 18.5 Å². The van der Waals surface area contributed by atoms with Gasteiger partial charge in [-0.3, -0.25) is 9.80 Å². The zero-order valence-electron chi connectivity index (χ0n) is 14.6. The highest BCUT2D eigenvalue weighted by molar-refractivity contribution is 7.89. The molecule has 2 rings (SSSR count). The van der Waals surface area contributed by atoms with Gasteiger partial charge < -0.3 is 5.11 Å². The van der Waals surface area contributed by atoms with Crippen molar-refractivity contribution in [3.8, 4) is 0 Å². The molecule has 0 aromatic heterocycles. The summed E-state index contributed by atoms with van der Waals surface area (Å²) in [5.74, 6) is 0.153. The van der Waals surface area contributed by atoms with Gasteiger partial charge in [0.25, 0.3) is 0 Å². The normalized spacial score (nSPS) is 21.1. The van der Waals surface area contributed by atoms with Crippen LogP contribution in [0.2, 0.25) is 0 Å². The van der Waals surface area contributed by atoms with E-state index in [1.54, 1.807) is 14.1 Å². The van der Waals surface area contributed by atoms with E-state index in [4.69, 9.17) is 0 Å². The lowest BCUT2D eigenvalue weighted by Crippen LogP contribution is -2.35. The Labute approximate surface area is 145 Å². The molecule has 136 valence electrons. The first-order valence-electron chi connectivity index (χ1n) is 8.44. The Kier molecular flexibility index (Phi) is 7.18. The van der Waals surface area contributed by atoms with Crippen molar-refractivity contribution in [2.75, 3.05) is 52.6 Å². The van der Waals surface area contributed by atoms with E-state index in [1.165, 1.54) is 9.87 Å². The number of sulfonamides is 1. The Morgan fingerprint density at radius 2 is 1.75 bits per heavy atom. The Morgan fingerprint density at radius 3 is 2.42 bits per heavy atom. The second-order valence-corrected chi connectivity index (χ2v) is 8.93. The van der Waals surface area contributed by atoms with Crippen LogP contribution in [0.15, 0.2) is 30.3 Å². The molecule has 0 spiro atoms. The number of nitrogens with zero attached hydrogens (tertiary/aromatic N) is 3. The van der Waals surface area contributed by atoms with Crippen LogP contribution in [0.25, 0.3) is 0 Å². The quantitative estimate of drug-likeness (QED) is 0.769. The number of rotatable bonds is 7. The average molecular weight is 356 g/mol. The number of β-amino-alcohol motifs (C(OH)–C–C–N with tert-alkyl or cyclic N) is 1.